The fourth-order valence-electron chi connectivity index (χ4n) is 4.20. The molecule has 0 aliphatic heterocycles. The van der Waals surface area contributed by atoms with Gasteiger partial charge in [-0.1, -0.05) is 19.3 Å². The van der Waals surface area contributed by atoms with Gasteiger partial charge < -0.3 is 5.73 Å². The molecule has 1 saturated carbocycles. The van der Waals surface area contributed by atoms with Gasteiger partial charge in [0.1, 0.15) is 0 Å². The molecule has 3 heteroatoms. The lowest BCUT2D eigenvalue weighted by molar-refractivity contribution is 0.424. The minimum absolute atomic E-state index is 0.470. The third-order valence-corrected chi connectivity index (χ3v) is 5.22. The van der Waals surface area contributed by atoms with Gasteiger partial charge in [-0.05, 0) is 58.4 Å². The highest BCUT2D eigenvalue weighted by atomic mass is 15.3. The number of nitrogens with two attached hydrogens (primary N) is 1. The van der Waals surface area contributed by atoms with Gasteiger partial charge in [-0.3, -0.25) is 4.68 Å². The summed E-state index contributed by atoms with van der Waals surface area (Å²) in [5, 5.41) is 5.07. The Labute approximate surface area is 122 Å². The lowest BCUT2D eigenvalue weighted by Gasteiger charge is -2.26. The van der Waals surface area contributed by atoms with Crippen molar-refractivity contribution < 1.29 is 0 Å². The van der Waals surface area contributed by atoms with Crippen molar-refractivity contribution >= 4 is 0 Å². The fraction of sp³-hybridized carbons (Fsp3) is 0.824. The number of hydrogen-bond donors (Lipinski definition) is 1. The highest BCUT2D eigenvalue weighted by Crippen LogP contribution is 2.41. The predicted molar refractivity (Wildman–Crippen MR) is 83.2 cm³/mol. The zero-order chi connectivity index (χ0) is 14.1. The number of hydrogen-bond acceptors (Lipinski definition) is 2. The third-order valence-electron chi connectivity index (χ3n) is 5.22. The van der Waals surface area contributed by atoms with Gasteiger partial charge in [0.05, 0.1) is 5.69 Å². The van der Waals surface area contributed by atoms with Crippen LogP contribution in [0.4, 0.5) is 0 Å². The van der Waals surface area contributed by atoms with Crippen LogP contribution < -0.4 is 5.73 Å². The Balaban J connectivity index is 2.03. The van der Waals surface area contributed by atoms with Gasteiger partial charge in [-0.2, -0.15) is 5.10 Å². The molecule has 1 fully saturated rings. The predicted octanol–water partition coefficient (Wildman–Crippen LogP) is 3.89. The molecule has 0 spiro atoms. The molecule has 112 valence electrons. The van der Waals surface area contributed by atoms with Gasteiger partial charge in [-0.15, -0.1) is 0 Å². The lowest BCUT2D eigenvalue weighted by atomic mass is 9.79. The second-order valence-electron chi connectivity index (χ2n) is 6.94. The summed E-state index contributed by atoms with van der Waals surface area (Å²) in [5.41, 5.74) is 10.5. The van der Waals surface area contributed by atoms with Crippen molar-refractivity contribution in [2.45, 2.75) is 83.1 Å². The van der Waals surface area contributed by atoms with Crippen LogP contribution in [0.15, 0.2) is 0 Å². The molecule has 1 aromatic heterocycles. The molecular weight excluding hydrogens is 246 g/mol. The first-order chi connectivity index (χ1) is 9.72. The molecule has 0 aromatic carbocycles. The summed E-state index contributed by atoms with van der Waals surface area (Å²) in [6, 6.07) is 0.470. The Hall–Kier alpha value is -0.830. The minimum atomic E-state index is 0.470. The normalized spacial score (nSPS) is 24.1. The Morgan fingerprint density at radius 2 is 1.90 bits per heavy atom. The Morgan fingerprint density at radius 3 is 2.55 bits per heavy atom. The molecule has 1 atom stereocenters. The summed E-state index contributed by atoms with van der Waals surface area (Å²) < 4.78 is 2.31. The van der Waals surface area contributed by atoms with Crippen LogP contribution in [-0.4, -0.2) is 16.3 Å². The van der Waals surface area contributed by atoms with E-state index in [2.05, 4.69) is 18.5 Å². The van der Waals surface area contributed by atoms with Crippen molar-refractivity contribution in [2.75, 3.05) is 6.54 Å². The van der Waals surface area contributed by atoms with Gasteiger partial charge in [-0.25, -0.2) is 0 Å². The molecule has 0 amide bonds. The number of fused-ring (bicyclic) bond motifs is 1. The number of rotatable bonds is 3. The van der Waals surface area contributed by atoms with Crippen molar-refractivity contribution in [1.29, 1.82) is 0 Å². The van der Waals surface area contributed by atoms with Crippen LogP contribution in [0, 0.1) is 0 Å². The van der Waals surface area contributed by atoms with E-state index in [0.717, 1.165) is 6.54 Å². The third kappa shape index (κ3) is 2.41. The van der Waals surface area contributed by atoms with E-state index < -0.39 is 0 Å². The molecule has 0 bridgehead atoms. The molecule has 3 rings (SSSR count). The SMILES string of the molecule is CC(C)n1nc(C2CCCCC2)c2c1CCCC2CN. The highest BCUT2D eigenvalue weighted by molar-refractivity contribution is 5.35. The summed E-state index contributed by atoms with van der Waals surface area (Å²) >= 11 is 0. The highest BCUT2D eigenvalue weighted by Gasteiger charge is 2.32. The second kappa shape index (κ2) is 5.88. The van der Waals surface area contributed by atoms with Gasteiger partial charge in [0.2, 0.25) is 0 Å². The summed E-state index contributed by atoms with van der Waals surface area (Å²) in [7, 11) is 0. The Kier molecular flexibility index (Phi) is 4.16. The molecule has 1 aromatic rings. The Bertz CT molecular complexity index is 455. The van der Waals surface area contributed by atoms with E-state index in [1.54, 1.807) is 5.56 Å². The fourth-order valence-corrected chi connectivity index (χ4v) is 4.20. The van der Waals surface area contributed by atoms with Gasteiger partial charge >= 0.3 is 0 Å². The van der Waals surface area contributed by atoms with E-state index in [4.69, 9.17) is 10.8 Å². The van der Waals surface area contributed by atoms with Crippen molar-refractivity contribution in [3.05, 3.63) is 17.0 Å². The quantitative estimate of drug-likeness (QED) is 0.909. The van der Waals surface area contributed by atoms with Crippen LogP contribution in [0.2, 0.25) is 0 Å². The summed E-state index contributed by atoms with van der Waals surface area (Å²) in [5.74, 6) is 1.26. The van der Waals surface area contributed by atoms with Crippen LogP contribution in [0.5, 0.6) is 0 Å². The summed E-state index contributed by atoms with van der Waals surface area (Å²) in [4.78, 5) is 0. The second-order valence-corrected chi connectivity index (χ2v) is 6.94. The van der Waals surface area contributed by atoms with Crippen LogP contribution in [-0.2, 0) is 6.42 Å². The standard InChI is InChI=1S/C17H29N3/c1-12(2)20-15-10-6-9-14(11-18)16(15)17(19-20)13-7-4-3-5-8-13/h12-14H,3-11,18H2,1-2H3. The largest absolute Gasteiger partial charge is 0.330 e. The molecule has 2 aliphatic carbocycles. The van der Waals surface area contributed by atoms with Crippen LogP contribution in [0.3, 0.4) is 0 Å². The maximum atomic E-state index is 6.06. The molecule has 3 nitrogen and oxygen atoms in total. The molecule has 2 aliphatic rings. The molecular formula is C17H29N3. The average molecular weight is 275 g/mol. The first-order valence-corrected chi connectivity index (χ1v) is 8.53. The monoisotopic (exact) mass is 275 g/mol. The molecule has 2 N–H and O–H groups in total. The average Bonchev–Trinajstić information content (AvgIpc) is 2.88. The number of aromatic nitrogens is 2. The van der Waals surface area contributed by atoms with E-state index in [0.29, 0.717) is 17.9 Å². The molecule has 0 saturated heterocycles. The van der Waals surface area contributed by atoms with E-state index in [-0.39, 0.29) is 0 Å². The van der Waals surface area contributed by atoms with E-state index in [9.17, 15) is 0 Å². The molecule has 20 heavy (non-hydrogen) atoms. The number of nitrogens with zero attached hydrogens (tertiary/aromatic N) is 2. The van der Waals surface area contributed by atoms with Crippen molar-refractivity contribution in [1.82, 2.24) is 9.78 Å². The molecule has 1 heterocycles. The van der Waals surface area contributed by atoms with Crippen molar-refractivity contribution in [3.8, 4) is 0 Å². The topological polar surface area (TPSA) is 43.8 Å². The van der Waals surface area contributed by atoms with Gasteiger partial charge in [0, 0.05) is 23.2 Å². The first kappa shape index (κ1) is 14.1. The summed E-state index contributed by atoms with van der Waals surface area (Å²) in [6.45, 7) is 5.30. The maximum Gasteiger partial charge on any atom is 0.0693 e. The lowest BCUT2D eigenvalue weighted by Crippen LogP contribution is -2.21. The van der Waals surface area contributed by atoms with Gasteiger partial charge in [0.25, 0.3) is 0 Å². The van der Waals surface area contributed by atoms with Crippen LogP contribution in [0.1, 0.15) is 93.6 Å². The summed E-state index contributed by atoms with van der Waals surface area (Å²) in [6.07, 6.45) is 10.6. The van der Waals surface area contributed by atoms with E-state index in [1.807, 2.05) is 0 Å². The van der Waals surface area contributed by atoms with Crippen molar-refractivity contribution in [3.63, 3.8) is 0 Å². The minimum Gasteiger partial charge on any atom is -0.330 e. The zero-order valence-electron chi connectivity index (χ0n) is 13.1. The van der Waals surface area contributed by atoms with E-state index in [1.165, 1.54) is 62.8 Å². The zero-order valence-corrected chi connectivity index (χ0v) is 13.1. The van der Waals surface area contributed by atoms with Gasteiger partial charge in [0.15, 0.2) is 0 Å². The molecule has 1 unspecified atom stereocenters. The smallest absolute Gasteiger partial charge is 0.0693 e. The first-order valence-electron chi connectivity index (χ1n) is 8.53. The maximum absolute atomic E-state index is 6.06. The van der Waals surface area contributed by atoms with Crippen molar-refractivity contribution in [2.24, 2.45) is 5.73 Å². The van der Waals surface area contributed by atoms with E-state index >= 15 is 0 Å². The molecule has 0 radical (unpaired) electrons. The Morgan fingerprint density at radius 1 is 1.15 bits per heavy atom. The van der Waals surface area contributed by atoms with Crippen LogP contribution >= 0.6 is 0 Å². The van der Waals surface area contributed by atoms with Crippen LogP contribution in [0.25, 0.3) is 0 Å².